The first-order valence-electron chi connectivity index (χ1n) is 8.01. The Morgan fingerprint density at radius 3 is 2.12 bits per heavy atom. The third-order valence-electron chi connectivity index (χ3n) is 5.19. The summed E-state index contributed by atoms with van der Waals surface area (Å²) in [6, 6.07) is 0. The Labute approximate surface area is 108 Å². The zero-order valence-electron chi connectivity index (χ0n) is 11.7. The Morgan fingerprint density at radius 1 is 0.824 bits per heavy atom. The molecule has 98 valence electrons. The van der Waals surface area contributed by atoms with Crippen LogP contribution in [0, 0.1) is 17.8 Å². The molecule has 0 aliphatic heterocycles. The summed E-state index contributed by atoms with van der Waals surface area (Å²) in [7, 11) is 0. The van der Waals surface area contributed by atoms with Crippen LogP contribution in [-0.4, -0.2) is 0 Å². The van der Waals surface area contributed by atoms with E-state index in [9.17, 15) is 0 Å². The standard InChI is InChI=1S/C17H30/c1-2-3-5-8-15-11-13-17(14-12-15)16-9-6-4-7-10-16/h2-3,15-17H,4-14H2,1H3/t15-,17-. The summed E-state index contributed by atoms with van der Waals surface area (Å²) < 4.78 is 0. The van der Waals surface area contributed by atoms with Crippen molar-refractivity contribution < 1.29 is 0 Å². The SMILES string of the molecule is CC=CCC[C@H]1CC[C@H](C2CCCCC2)CC1. The van der Waals surface area contributed by atoms with E-state index in [0.29, 0.717) is 0 Å². The molecule has 0 heteroatoms. The van der Waals surface area contributed by atoms with E-state index >= 15 is 0 Å². The van der Waals surface area contributed by atoms with E-state index in [-0.39, 0.29) is 0 Å². The maximum atomic E-state index is 2.34. The zero-order chi connectivity index (χ0) is 11.9. The lowest BCUT2D eigenvalue weighted by Gasteiger charge is -2.35. The number of hydrogen-bond acceptors (Lipinski definition) is 0. The maximum Gasteiger partial charge on any atom is -0.0348 e. The molecule has 0 unspecified atom stereocenters. The van der Waals surface area contributed by atoms with Gasteiger partial charge in [-0.2, -0.15) is 0 Å². The van der Waals surface area contributed by atoms with Crippen molar-refractivity contribution in [3.8, 4) is 0 Å². The summed E-state index contributed by atoms with van der Waals surface area (Å²) in [6.45, 7) is 2.14. The van der Waals surface area contributed by atoms with Gasteiger partial charge in [-0.1, -0.05) is 57.1 Å². The van der Waals surface area contributed by atoms with E-state index in [1.165, 1.54) is 44.9 Å². The fourth-order valence-electron chi connectivity index (χ4n) is 4.05. The fraction of sp³-hybridized carbons (Fsp3) is 0.882. The largest absolute Gasteiger partial charge is 0.0917 e. The second kappa shape index (κ2) is 7.24. The summed E-state index contributed by atoms with van der Waals surface area (Å²) in [5, 5.41) is 0. The van der Waals surface area contributed by atoms with Gasteiger partial charge in [0.2, 0.25) is 0 Å². The lowest BCUT2D eigenvalue weighted by atomic mass is 9.70. The molecule has 0 amide bonds. The molecule has 2 rings (SSSR count). The molecule has 2 fully saturated rings. The van der Waals surface area contributed by atoms with Gasteiger partial charge in [-0.15, -0.1) is 0 Å². The van der Waals surface area contributed by atoms with Gasteiger partial charge in [0.25, 0.3) is 0 Å². The van der Waals surface area contributed by atoms with Gasteiger partial charge in [0.15, 0.2) is 0 Å². The van der Waals surface area contributed by atoms with Crippen molar-refractivity contribution in [3.63, 3.8) is 0 Å². The normalized spacial score (nSPS) is 32.1. The second-order valence-electron chi connectivity index (χ2n) is 6.33. The van der Waals surface area contributed by atoms with E-state index in [1.807, 2.05) is 0 Å². The molecule has 0 atom stereocenters. The van der Waals surface area contributed by atoms with Crippen LogP contribution in [0.4, 0.5) is 0 Å². The number of rotatable bonds is 4. The van der Waals surface area contributed by atoms with E-state index in [4.69, 9.17) is 0 Å². The van der Waals surface area contributed by atoms with Gasteiger partial charge in [0.05, 0.1) is 0 Å². The third kappa shape index (κ3) is 4.16. The van der Waals surface area contributed by atoms with Crippen LogP contribution in [0.1, 0.15) is 77.6 Å². The zero-order valence-corrected chi connectivity index (χ0v) is 11.7. The quantitative estimate of drug-likeness (QED) is 0.545. The monoisotopic (exact) mass is 234 g/mol. The van der Waals surface area contributed by atoms with Crippen LogP contribution in [0.25, 0.3) is 0 Å². The first kappa shape index (κ1) is 13.2. The molecule has 2 saturated carbocycles. The second-order valence-corrected chi connectivity index (χ2v) is 6.33. The topological polar surface area (TPSA) is 0 Å². The van der Waals surface area contributed by atoms with Gasteiger partial charge in [-0.05, 0) is 50.4 Å². The summed E-state index contributed by atoms with van der Waals surface area (Å²) in [5.74, 6) is 3.26. The first-order chi connectivity index (χ1) is 8.40. The molecule has 0 aromatic rings. The highest BCUT2D eigenvalue weighted by atomic mass is 14.3. The van der Waals surface area contributed by atoms with E-state index in [2.05, 4.69) is 19.1 Å². The predicted octanol–water partition coefficient (Wildman–Crippen LogP) is 5.73. The van der Waals surface area contributed by atoms with Crippen molar-refractivity contribution in [2.45, 2.75) is 77.6 Å². The minimum absolute atomic E-state index is 1.05. The van der Waals surface area contributed by atoms with Crippen molar-refractivity contribution >= 4 is 0 Å². The lowest BCUT2D eigenvalue weighted by Crippen LogP contribution is -2.23. The van der Waals surface area contributed by atoms with Gasteiger partial charge < -0.3 is 0 Å². The van der Waals surface area contributed by atoms with E-state index < -0.39 is 0 Å². The fourth-order valence-corrected chi connectivity index (χ4v) is 4.05. The molecule has 0 aromatic carbocycles. The molecule has 2 aliphatic carbocycles. The van der Waals surface area contributed by atoms with Crippen LogP contribution in [0.15, 0.2) is 12.2 Å². The van der Waals surface area contributed by atoms with Crippen molar-refractivity contribution in [3.05, 3.63) is 12.2 Å². The van der Waals surface area contributed by atoms with E-state index in [0.717, 1.165) is 17.8 Å². The molecule has 0 aromatic heterocycles. The molecule has 0 N–H and O–H groups in total. The number of hydrogen-bond donors (Lipinski definition) is 0. The van der Waals surface area contributed by atoms with Crippen molar-refractivity contribution in [2.75, 3.05) is 0 Å². The molecular weight excluding hydrogens is 204 g/mol. The van der Waals surface area contributed by atoms with Gasteiger partial charge >= 0.3 is 0 Å². The van der Waals surface area contributed by atoms with Crippen molar-refractivity contribution in [2.24, 2.45) is 17.8 Å². The van der Waals surface area contributed by atoms with Gasteiger partial charge in [0.1, 0.15) is 0 Å². The summed E-state index contributed by atoms with van der Waals surface area (Å²) >= 11 is 0. The molecule has 0 nitrogen and oxygen atoms in total. The maximum absolute atomic E-state index is 2.34. The van der Waals surface area contributed by atoms with Gasteiger partial charge in [-0.25, -0.2) is 0 Å². The Hall–Kier alpha value is -0.260. The summed E-state index contributed by atoms with van der Waals surface area (Å²) in [5.41, 5.74) is 0. The summed E-state index contributed by atoms with van der Waals surface area (Å²) in [6.07, 6.45) is 21.1. The average Bonchev–Trinajstić information content (AvgIpc) is 2.41. The molecule has 0 saturated heterocycles. The van der Waals surface area contributed by atoms with Gasteiger partial charge in [-0.3, -0.25) is 0 Å². The Bertz CT molecular complexity index is 214. The van der Waals surface area contributed by atoms with Crippen LogP contribution in [0.2, 0.25) is 0 Å². The van der Waals surface area contributed by atoms with Crippen LogP contribution in [0.5, 0.6) is 0 Å². The Balaban J connectivity index is 1.66. The molecular formula is C17H30. The molecule has 17 heavy (non-hydrogen) atoms. The van der Waals surface area contributed by atoms with Crippen LogP contribution in [-0.2, 0) is 0 Å². The van der Waals surface area contributed by atoms with Crippen molar-refractivity contribution in [1.82, 2.24) is 0 Å². The minimum Gasteiger partial charge on any atom is -0.0917 e. The van der Waals surface area contributed by atoms with Crippen molar-refractivity contribution in [1.29, 1.82) is 0 Å². The Kier molecular flexibility index (Phi) is 5.61. The lowest BCUT2D eigenvalue weighted by molar-refractivity contribution is 0.164. The van der Waals surface area contributed by atoms with E-state index in [1.54, 1.807) is 25.7 Å². The highest BCUT2D eigenvalue weighted by molar-refractivity contribution is 4.82. The van der Waals surface area contributed by atoms with Gasteiger partial charge in [0, 0.05) is 0 Å². The molecule has 2 aliphatic rings. The predicted molar refractivity (Wildman–Crippen MR) is 76.1 cm³/mol. The number of allylic oxidation sites excluding steroid dienone is 2. The molecule has 0 spiro atoms. The average molecular weight is 234 g/mol. The highest BCUT2D eigenvalue weighted by Crippen LogP contribution is 2.40. The third-order valence-corrected chi connectivity index (χ3v) is 5.19. The summed E-state index contributed by atoms with van der Waals surface area (Å²) in [4.78, 5) is 0. The van der Waals surface area contributed by atoms with Crippen LogP contribution < -0.4 is 0 Å². The molecule has 0 bridgehead atoms. The molecule has 0 radical (unpaired) electrons. The smallest absolute Gasteiger partial charge is 0.0348 e. The van der Waals surface area contributed by atoms with Crippen LogP contribution >= 0.6 is 0 Å². The molecule has 0 heterocycles. The highest BCUT2D eigenvalue weighted by Gasteiger charge is 2.27. The van der Waals surface area contributed by atoms with Crippen LogP contribution in [0.3, 0.4) is 0 Å². The Morgan fingerprint density at radius 2 is 1.47 bits per heavy atom. The first-order valence-corrected chi connectivity index (χ1v) is 8.01. The minimum atomic E-state index is 1.05.